The number of non-ortho nitro benzene ring substituents is 1. The van der Waals surface area contributed by atoms with E-state index in [0.29, 0.717) is 0 Å². The Kier molecular flexibility index (Phi) is 6.10. The van der Waals surface area contributed by atoms with Gasteiger partial charge in [0.2, 0.25) is 0 Å². The molecular weight excluding hydrogens is 276 g/mol. The van der Waals surface area contributed by atoms with Gasteiger partial charge < -0.3 is 15.2 Å². The van der Waals surface area contributed by atoms with Crippen LogP contribution in [0.25, 0.3) is 0 Å². The Morgan fingerprint density at radius 3 is 2.67 bits per heavy atom. The van der Waals surface area contributed by atoms with Crippen molar-refractivity contribution in [3.8, 4) is 5.75 Å². The van der Waals surface area contributed by atoms with Gasteiger partial charge >= 0.3 is 0 Å². The highest BCUT2D eigenvalue weighted by Crippen LogP contribution is 2.29. The van der Waals surface area contributed by atoms with Crippen LogP contribution in [-0.4, -0.2) is 28.6 Å². The molecule has 0 aliphatic rings. The number of aliphatic hydroxyl groups is 1. The number of nitro benzene ring substituents is 1. The standard InChI is InChI=1S/C14H20N2O5/c1-4-9(2)15-14(18)8-21-13-6-5-11(16(19)20)7-12(13)10(3)17/h5-7,9-10,17H,4,8H2,1-3H3,(H,15,18). The Hall–Kier alpha value is -2.15. The van der Waals surface area contributed by atoms with Gasteiger partial charge in [0, 0.05) is 23.7 Å². The maximum absolute atomic E-state index is 11.6. The molecule has 0 bridgehead atoms. The van der Waals surface area contributed by atoms with Gasteiger partial charge in [-0.25, -0.2) is 0 Å². The summed E-state index contributed by atoms with van der Waals surface area (Å²) in [6.45, 7) is 5.10. The predicted octanol–water partition coefficient (Wildman–Crippen LogP) is 1.94. The first-order valence-corrected chi connectivity index (χ1v) is 6.73. The zero-order valence-corrected chi connectivity index (χ0v) is 12.3. The van der Waals surface area contributed by atoms with E-state index in [9.17, 15) is 20.0 Å². The zero-order valence-electron chi connectivity index (χ0n) is 12.3. The first-order valence-electron chi connectivity index (χ1n) is 6.73. The second-order valence-electron chi connectivity index (χ2n) is 4.82. The van der Waals surface area contributed by atoms with Crippen molar-refractivity contribution < 1.29 is 19.6 Å². The Balaban J connectivity index is 2.79. The monoisotopic (exact) mass is 296 g/mol. The predicted molar refractivity (Wildman–Crippen MR) is 77.1 cm³/mol. The van der Waals surface area contributed by atoms with Gasteiger partial charge in [0.1, 0.15) is 5.75 Å². The molecule has 1 aromatic carbocycles. The number of amides is 1. The van der Waals surface area contributed by atoms with Crippen LogP contribution >= 0.6 is 0 Å². The number of carbonyl (C=O) groups excluding carboxylic acids is 1. The van der Waals surface area contributed by atoms with E-state index in [1.165, 1.54) is 25.1 Å². The summed E-state index contributed by atoms with van der Waals surface area (Å²) in [6, 6.07) is 3.95. The molecule has 0 fully saturated rings. The molecule has 0 aromatic heterocycles. The van der Waals surface area contributed by atoms with Crippen LogP contribution in [-0.2, 0) is 4.79 Å². The molecule has 0 aliphatic carbocycles. The van der Waals surface area contributed by atoms with E-state index in [1.807, 2.05) is 13.8 Å². The number of hydrogen-bond donors (Lipinski definition) is 2. The summed E-state index contributed by atoms with van der Waals surface area (Å²) in [5.74, 6) is -0.0193. The van der Waals surface area contributed by atoms with Crippen molar-refractivity contribution >= 4 is 11.6 Å². The quantitative estimate of drug-likeness (QED) is 0.591. The molecule has 0 radical (unpaired) electrons. The fourth-order valence-corrected chi connectivity index (χ4v) is 1.67. The van der Waals surface area contributed by atoms with Crippen molar-refractivity contribution in [3.63, 3.8) is 0 Å². The number of nitro groups is 1. The van der Waals surface area contributed by atoms with Crippen molar-refractivity contribution in [2.24, 2.45) is 0 Å². The van der Waals surface area contributed by atoms with E-state index in [1.54, 1.807) is 0 Å². The van der Waals surface area contributed by atoms with E-state index < -0.39 is 11.0 Å². The van der Waals surface area contributed by atoms with Crippen LogP contribution < -0.4 is 10.1 Å². The van der Waals surface area contributed by atoms with Crippen molar-refractivity contribution in [1.29, 1.82) is 0 Å². The lowest BCUT2D eigenvalue weighted by atomic mass is 10.1. The third kappa shape index (κ3) is 5.03. The van der Waals surface area contributed by atoms with Gasteiger partial charge in [-0.3, -0.25) is 14.9 Å². The van der Waals surface area contributed by atoms with Crippen LogP contribution in [0.4, 0.5) is 5.69 Å². The molecule has 2 atom stereocenters. The van der Waals surface area contributed by atoms with Gasteiger partial charge in [0.25, 0.3) is 11.6 Å². The normalized spacial score (nSPS) is 13.3. The summed E-state index contributed by atoms with van der Waals surface area (Å²) in [5, 5.41) is 23.1. The maximum atomic E-state index is 11.6. The Labute approximate surface area is 123 Å². The van der Waals surface area contributed by atoms with Crippen LogP contribution in [0.5, 0.6) is 5.75 Å². The summed E-state index contributed by atoms with van der Waals surface area (Å²) < 4.78 is 5.35. The lowest BCUT2D eigenvalue weighted by molar-refractivity contribution is -0.385. The molecule has 0 aliphatic heterocycles. The number of rotatable bonds is 7. The number of carbonyl (C=O) groups is 1. The van der Waals surface area contributed by atoms with Crippen LogP contribution in [0.2, 0.25) is 0 Å². The van der Waals surface area contributed by atoms with E-state index >= 15 is 0 Å². The molecule has 0 heterocycles. The van der Waals surface area contributed by atoms with Crippen molar-refractivity contribution in [2.45, 2.75) is 39.3 Å². The van der Waals surface area contributed by atoms with Gasteiger partial charge in [-0.05, 0) is 26.3 Å². The summed E-state index contributed by atoms with van der Waals surface area (Å²) in [5.41, 5.74) is 0.142. The first-order chi connectivity index (χ1) is 9.85. The second kappa shape index (κ2) is 7.58. The summed E-state index contributed by atoms with van der Waals surface area (Å²) in [4.78, 5) is 21.8. The van der Waals surface area contributed by atoms with Crippen LogP contribution in [0.15, 0.2) is 18.2 Å². The molecule has 116 valence electrons. The number of hydrogen-bond acceptors (Lipinski definition) is 5. The average Bonchev–Trinajstić information content (AvgIpc) is 2.44. The number of ether oxygens (including phenoxy) is 1. The molecule has 0 saturated carbocycles. The number of nitrogens with zero attached hydrogens (tertiary/aromatic N) is 1. The van der Waals surface area contributed by atoms with E-state index in [2.05, 4.69) is 5.32 Å². The molecule has 7 heteroatoms. The molecule has 1 rings (SSSR count). The highest BCUT2D eigenvalue weighted by atomic mass is 16.6. The lowest BCUT2D eigenvalue weighted by Gasteiger charge is -2.15. The summed E-state index contributed by atoms with van der Waals surface area (Å²) >= 11 is 0. The van der Waals surface area contributed by atoms with Gasteiger partial charge in [-0.15, -0.1) is 0 Å². The molecule has 7 nitrogen and oxygen atoms in total. The molecule has 0 saturated heterocycles. The highest BCUT2D eigenvalue weighted by Gasteiger charge is 2.16. The highest BCUT2D eigenvalue weighted by molar-refractivity contribution is 5.77. The Morgan fingerprint density at radius 2 is 2.14 bits per heavy atom. The van der Waals surface area contributed by atoms with Crippen LogP contribution in [0.3, 0.4) is 0 Å². The van der Waals surface area contributed by atoms with Crippen molar-refractivity contribution in [1.82, 2.24) is 5.32 Å². The average molecular weight is 296 g/mol. The largest absolute Gasteiger partial charge is 0.483 e. The zero-order chi connectivity index (χ0) is 16.0. The number of nitrogens with one attached hydrogen (secondary N) is 1. The smallest absolute Gasteiger partial charge is 0.270 e. The fourth-order valence-electron chi connectivity index (χ4n) is 1.67. The molecule has 0 spiro atoms. The van der Waals surface area contributed by atoms with Crippen molar-refractivity contribution in [3.05, 3.63) is 33.9 Å². The summed E-state index contributed by atoms with van der Waals surface area (Å²) in [6.07, 6.45) is -0.125. The molecule has 2 unspecified atom stereocenters. The fraction of sp³-hybridized carbons (Fsp3) is 0.500. The minimum atomic E-state index is -0.933. The maximum Gasteiger partial charge on any atom is 0.270 e. The third-order valence-corrected chi connectivity index (χ3v) is 3.03. The minimum absolute atomic E-state index is 0.0502. The van der Waals surface area contributed by atoms with Crippen LogP contribution in [0.1, 0.15) is 38.9 Å². The Morgan fingerprint density at radius 1 is 1.48 bits per heavy atom. The second-order valence-corrected chi connectivity index (χ2v) is 4.82. The number of aliphatic hydroxyl groups excluding tert-OH is 1. The summed E-state index contributed by atoms with van der Waals surface area (Å²) in [7, 11) is 0. The molecule has 21 heavy (non-hydrogen) atoms. The Bertz CT molecular complexity index is 516. The SMILES string of the molecule is CCC(C)NC(=O)COc1ccc([N+](=O)[O-])cc1C(C)O. The van der Waals surface area contributed by atoms with Crippen LogP contribution in [0, 0.1) is 10.1 Å². The van der Waals surface area contributed by atoms with Gasteiger partial charge in [-0.1, -0.05) is 6.92 Å². The van der Waals surface area contributed by atoms with Gasteiger partial charge in [-0.2, -0.15) is 0 Å². The molecule has 1 amide bonds. The molecular formula is C14H20N2O5. The van der Waals surface area contributed by atoms with E-state index in [0.717, 1.165) is 6.42 Å². The molecule has 1 aromatic rings. The third-order valence-electron chi connectivity index (χ3n) is 3.03. The number of benzene rings is 1. The van der Waals surface area contributed by atoms with Gasteiger partial charge in [0.05, 0.1) is 11.0 Å². The van der Waals surface area contributed by atoms with E-state index in [4.69, 9.17) is 4.74 Å². The topological polar surface area (TPSA) is 102 Å². The lowest BCUT2D eigenvalue weighted by Crippen LogP contribution is -2.35. The van der Waals surface area contributed by atoms with Crippen molar-refractivity contribution in [2.75, 3.05) is 6.61 Å². The van der Waals surface area contributed by atoms with E-state index in [-0.39, 0.29) is 35.6 Å². The first kappa shape index (κ1) is 16.9. The minimum Gasteiger partial charge on any atom is -0.483 e. The van der Waals surface area contributed by atoms with Gasteiger partial charge in [0.15, 0.2) is 6.61 Å². The molecule has 2 N–H and O–H groups in total.